The Labute approximate surface area is 198 Å². The maximum atomic E-state index is 13.8. The molecule has 176 valence electrons. The number of hydrogen-bond donors (Lipinski definition) is 1. The average Bonchev–Trinajstić information content (AvgIpc) is 2.80. The van der Waals surface area contributed by atoms with Crippen LogP contribution in [0.2, 0.25) is 0 Å². The summed E-state index contributed by atoms with van der Waals surface area (Å²) in [5, 5.41) is 0. The van der Waals surface area contributed by atoms with E-state index >= 15 is 0 Å². The molecule has 1 aliphatic rings. The zero-order valence-corrected chi connectivity index (χ0v) is 19.9. The maximum absolute atomic E-state index is 13.8. The van der Waals surface area contributed by atoms with Gasteiger partial charge in [-0.25, -0.2) is 22.8 Å². The van der Waals surface area contributed by atoms with Crippen molar-refractivity contribution in [2.45, 2.75) is 25.7 Å². The van der Waals surface area contributed by atoms with Gasteiger partial charge in [-0.2, -0.15) is 0 Å². The van der Waals surface area contributed by atoms with Crippen molar-refractivity contribution in [2.24, 2.45) is 0 Å². The summed E-state index contributed by atoms with van der Waals surface area (Å²) >= 11 is 0. The third kappa shape index (κ3) is 5.32. The van der Waals surface area contributed by atoms with Crippen molar-refractivity contribution < 1.29 is 17.5 Å². The van der Waals surface area contributed by atoms with Crippen LogP contribution in [0.5, 0.6) is 0 Å². The Bertz CT molecular complexity index is 1370. The Morgan fingerprint density at radius 3 is 2.50 bits per heavy atom. The van der Waals surface area contributed by atoms with Gasteiger partial charge >= 0.3 is 0 Å². The van der Waals surface area contributed by atoms with E-state index in [-0.39, 0.29) is 10.6 Å². The van der Waals surface area contributed by atoms with E-state index in [1.54, 1.807) is 26.1 Å². The number of aryl methyl sites for hydroxylation is 3. The highest BCUT2D eigenvalue weighted by molar-refractivity contribution is 7.92. The van der Waals surface area contributed by atoms with Crippen LogP contribution in [0.3, 0.4) is 0 Å². The fourth-order valence-corrected chi connectivity index (χ4v) is 4.75. The first kappa shape index (κ1) is 23.6. The Kier molecular flexibility index (Phi) is 6.77. The van der Waals surface area contributed by atoms with Gasteiger partial charge in [0.2, 0.25) is 0 Å². The molecule has 0 atom stereocenters. The second kappa shape index (κ2) is 9.75. The lowest BCUT2D eigenvalue weighted by molar-refractivity contribution is 0.122. The lowest BCUT2D eigenvalue weighted by Gasteiger charge is -2.28. The number of pyridine rings is 1. The SMILES string of the molecule is Cc1cc(F)cc(S(=O)(=O)Nc2cc(C#Cc3c(C)ncnc3N3CCOCC3)cnc2C)c1. The summed E-state index contributed by atoms with van der Waals surface area (Å²) < 4.78 is 47.4. The van der Waals surface area contributed by atoms with Crippen LogP contribution < -0.4 is 9.62 Å². The van der Waals surface area contributed by atoms with Crippen molar-refractivity contribution in [3.63, 3.8) is 0 Å². The number of morpholine rings is 1. The number of hydrogen-bond acceptors (Lipinski definition) is 7. The van der Waals surface area contributed by atoms with E-state index in [2.05, 4.69) is 36.4 Å². The Balaban J connectivity index is 1.65. The molecule has 3 aromatic rings. The van der Waals surface area contributed by atoms with Gasteiger partial charge in [0.1, 0.15) is 18.0 Å². The molecule has 34 heavy (non-hydrogen) atoms. The molecule has 0 saturated carbocycles. The predicted octanol–water partition coefficient (Wildman–Crippen LogP) is 2.97. The molecule has 0 unspecified atom stereocenters. The van der Waals surface area contributed by atoms with Crippen LogP contribution in [0.4, 0.5) is 15.9 Å². The van der Waals surface area contributed by atoms with Gasteiger partial charge in [-0.05, 0) is 50.6 Å². The van der Waals surface area contributed by atoms with E-state index in [0.29, 0.717) is 48.7 Å². The minimum atomic E-state index is -4.01. The summed E-state index contributed by atoms with van der Waals surface area (Å²) in [5.74, 6) is 6.30. The first-order valence-electron chi connectivity index (χ1n) is 10.7. The molecule has 0 radical (unpaired) electrons. The lowest BCUT2D eigenvalue weighted by Crippen LogP contribution is -2.37. The molecule has 10 heteroatoms. The minimum Gasteiger partial charge on any atom is -0.378 e. The molecule has 0 bridgehead atoms. The number of aromatic nitrogens is 3. The van der Waals surface area contributed by atoms with E-state index in [1.165, 1.54) is 18.5 Å². The molecule has 3 heterocycles. The highest BCUT2D eigenvalue weighted by Crippen LogP contribution is 2.22. The third-order valence-corrected chi connectivity index (χ3v) is 6.66. The van der Waals surface area contributed by atoms with Gasteiger partial charge in [0.05, 0.1) is 40.7 Å². The number of anilines is 2. The molecule has 4 rings (SSSR count). The van der Waals surface area contributed by atoms with Crippen molar-refractivity contribution in [2.75, 3.05) is 35.9 Å². The van der Waals surface area contributed by atoms with E-state index in [4.69, 9.17) is 4.74 Å². The summed E-state index contributed by atoms with van der Waals surface area (Å²) in [6.45, 7) is 7.83. The number of rotatable bonds is 4. The predicted molar refractivity (Wildman–Crippen MR) is 127 cm³/mol. The number of ether oxygens (including phenoxy) is 1. The Hall–Kier alpha value is -3.55. The van der Waals surface area contributed by atoms with Crippen molar-refractivity contribution in [3.8, 4) is 11.8 Å². The first-order chi connectivity index (χ1) is 16.2. The highest BCUT2D eigenvalue weighted by Gasteiger charge is 2.19. The largest absolute Gasteiger partial charge is 0.378 e. The summed E-state index contributed by atoms with van der Waals surface area (Å²) in [6.07, 6.45) is 3.08. The van der Waals surface area contributed by atoms with Crippen LogP contribution in [0.1, 0.15) is 28.1 Å². The maximum Gasteiger partial charge on any atom is 0.262 e. The Morgan fingerprint density at radius 1 is 1.00 bits per heavy atom. The highest BCUT2D eigenvalue weighted by atomic mass is 32.2. The standard InChI is InChI=1S/C24H24FN5O3S/c1-16-10-20(25)13-21(11-16)34(31,32)29-23-12-19(14-26-18(23)3)4-5-22-17(2)27-15-28-24(22)30-6-8-33-9-7-30/h10-15,29H,6-9H2,1-3H3. The van der Waals surface area contributed by atoms with Crippen molar-refractivity contribution in [1.82, 2.24) is 15.0 Å². The van der Waals surface area contributed by atoms with Crippen LogP contribution >= 0.6 is 0 Å². The summed E-state index contributed by atoms with van der Waals surface area (Å²) in [7, 11) is -4.01. The number of nitrogens with one attached hydrogen (secondary N) is 1. The molecule has 8 nitrogen and oxygen atoms in total. The van der Waals surface area contributed by atoms with Crippen molar-refractivity contribution >= 4 is 21.5 Å². The van der Waals surface area contributed by atoms with Crippen LogP contribution in [-0.4, -0.2) is 49.7 Å². The number of benzene rings is 1. The van der Waals surface area contributed by atoms with E-state index in [9.17, 15) is 12.8 Å². The summed E-state index contributed by atoms with van der Waals surface area (Å²) in [4.78, 5) is 14.9. The average molecular weight is 482 g/mol. The normalized spacial score (nSPS) is 13.8. The fraction of sp³-hybridized carbons (Fsp3) is 0.292. The molecule has 2 aromatic heterocycles. The lowest BCUT2D eigenvalue weighted by atomic mass is 10.1. The van der Waals surface area contributed by atoms with Crippen LogP contribution in [-0.2, 0) is 14.8 Å². The van der Waals surface area contributed by atoms with Gasteiger partial charge in [-0.15, -0.1) is 0 Å². The van der Waals surface area contributed by atoms with Gasteiger partial charge in [0.25, 0.3) is 10.0 Å². The zero-order chi connectivity index (χ0) is 24.3. The molecule has 1 aromatic carbocycles. The molecular formula is C24H24FN5O3S. The summed E-state index contributed by atoms with van der Waals surface area (Å²) in [5.41, 5.74) is 3.19. The van der Waals surface area contributed by atoms with Gasteiger partial charge < -0.3 is 9.64 Å². The molecule has 0 amide bonds. The molecule has 0 spiro atoms. The first-order valence-corrected chi connectivity index (χ1v) is 12.1. The van der Waals surface area contributed by atoms with Gasteiger partial charge in [0, 0.05) is 24.8 Å². The van der Waals surface area contributed by atoms with Crippen molar-refractivity contribution in [3.05, 3.63) is 70.7 Å². The van der Waals surface area contributed by atoms with E-state index in [1.807, 2.05) is 6.92 Å². The van der Waals surface area contributed by atoms with Crippen LogP contribution in [0.15, 0.2) is 41.7 Å². The topological polar surface area (TPSA) is 97.3 Å². The van der Waals surface area contributed by atoms with Gasteiger partial charge in [0.15, 0.2) is 0 Å². The Morgan fingerprint density at radius 2 is 1.76 bits per heavy atom. The molecule has 1 N–H and O–H groups in total. The number of sulfonamides is 1. The monoisotopic (exact) mass is 481 g/mol. The molecule has 0 aliphatic carbocycles. The minimum absolute atomic E-state index is 0.159. The molecule has 1 fully saturated rings. The molecule has 1 saturated heterocycles. The van der Waals surface area contributed by atoms with Crippen LogP contribution in [0.25, 0.3) is 0 Å². The molecular weight excluding hydrogens is 457 g/mol. The smallest absolute Gasteiger partial charge is 0.262 e. The summed E-state index contributed by atoms with van der Waals surface area (Å²) in [6, 6.07) is 5.26. The third-order valence-electron chi connectivity index (χ3n) is 5.32. The number of halogens is 1. The second-order valence-electron chi connectivity index (χ2n) is 7.93. The fourth-order valence-electron chi connectivity index (χ4n) is 3.52. The number of nitrogens with zero attached hydrogens (tertiary/aromatic N) is 4. The van der Waals surface area contributed by atoms with Gasteiger partial charge in [-0.1, -0.05) is 11.8 Å². The van der Waals surface area contributed by atoms with Crippen LogP contribution in [0, 0.1) is 38.4 Å². The van der Waals surface area contributed by atoms with Crippen molar-refractivity contribution in [1.29, 1.82) is 0 Å². The van der Waals surface area contributed by atoms with E-state index in [0.717, 1.165) is 17.6 Å². The second-order valence-corrected chi connectivity index (χ2v) is 9.62. The quantitative estimate of drug-likeness (QED) is 0.572. The van der Waals surface area contributed by atoms with Gasteiger partial charge in [-0.3, -0.25) is 9.71 Å². The van der Waals surface area contributed by atoms with E-state index < -0.39 is 15.8 Å². The zero-order valence-electron chi connectivity index (χ0n) is 19.1. The molecule has 1 aliphatic heterocycles.